The van der Waals surface area contributed by atoms with Gasteiger partial charge in [-0.3, -0.25) is 4.98 Å². The Bertz CT molecular complexity index is 410. The van der Waals surface area contributed by atoms with Gasteiger partial charge in [0.05, 0.1) is 13.5 Å². The average molecular weight is 366 g/mol. The molecule has 0 saturated carbocycles. The molecule has 0 aliphatic carbocycles. The van der Waals surface area contributed by atoms with Gasteiger partial charge < -0.3 is 0 Å². The normalized spacial score (nSPS) is 10.3. The average Bonchev–Trinajstić information content (AvgIpc) is 2.53. The Morgan fingerprint density at radius 2 is 2.08 bits per heavy atom. The Hall–Kier alpha value is 0.0600. The minimum atomic E-state index is 1.02. The van der Waals surface area contributed by atoms with Gasteiger partial charge in [0.2, 0.25) is 0 Å². The van der Waals surface area contributed by atoms with Crippen LogP contribution in [0.2, 0.25) is 0 Å². The molecule has 0 aliphatic heterocycles. The zero-order valence-electron chi connectivity index (χ0n) is 6.50. The van der Waals surface area contributed by atoms with E-state index in [4.69, 9.17) is 0 Å². The Labute approximate surface area is 102 Å². The van der Waals surface area contributed by atoms with Crippen LogP contribution in [0, 0.1) is 2.88 Å². The molecule has 0 N–H and O–H groups in total. The third kappa shape index (κ3) is 2.30. The van der Waals surface area contributed by atoms with Crippen molar-refractivity contribution in [1.82, 2.24) is 4.98 Å². The molecule has 0 saturated heterocycles. The minimum absolute atomic E-state index is 1.02. The lowest BCUT2D eigenvalue weighted by Crippen LogP contribution is -1.77. The standard InChI is InChI=1S/C9H5BrINS/c10-6-1-2-7(12-5-6)8-3-4-9(11)13-8/h1-5H. The highest BCUT2D eigenvalue weighted by Crippen LogP contribution is 2.27. The van der Waals surface area contributed by atoms with Crippen molar-refractivity contribution in [2.24, 2.45) is 0 Å². The van der Waals surface area contributed by atoms with Gasteiger partial charge in [0.25, 0.3) is 0 Å². The van der Waals surface area contributed by atoms with Crippen LogP contribution in [0.25, 0.3) is 10.6 Å². The van der Waals surface area contributed by atoms with Crippen molar-refractivity contribution >= 4 is 49.9 Å². The van der Waals surface area contributed by atoms with Gasteiger partial charge in [-0.2, -0.15) is 0 Å². The number of hydrogen-bond acceptors (Lipinski definition) is 2. The zero-order chi connectivity index (χ0) is 9.26. The predicted molar refractivity (Wildman–Crippen MR) is 68.0 cm³/mol. The van der Waals surface area contributed by atoms with Crippen molar-refractivity contribution in [3.8, 4) is 10.6 Å². The van der Waals surface area contributed by atoms with E-state index in [1.807, 2.05) is 18.3 Å². The number of halogens is 2. The van der Waals surface area contributed by atoms with Gasteiger partial charge in [0.15, 0.2) is 0 Å². The fourth-order valence-electron chi connectivity index (χ4n) is 0.974. The van der Waals surface area contributed by atoms with Gasteiger partial charge >= 0.3 is 0 Å². The maximum absolute atomic E-state index is 4.32. The SMILES string of the molecule is Brc1ccc(-c2ccc(I)s2)nc1. The van der Waals surface area contributed by atoms with E-state index in [0.717, 1.165) is 10.2 Å². The maximum atomic E-state index is 4.32. The minimum Gasteiger partial charge on any atom is -0.254 e. The van der Waals surface area contributed by atoms with Crippen LogP contribution >= 0.6 is 49.9 Å². The molecule has 2 aromatic heterocycles. The van der Waals surface area contributed by atoms with Crippen LogP contribution in [-0.4, -0.2) is 4.98 Å². The van der Waals surface area contributed by atoms with E-state index in [1.54, 1.807) is 11.3 Å². The summed E-state index contributed by atoms with van der Waals surface area (Å²) in [6.45, 7) is 0. The van der Waals surface area contributed by atoms with E-state index in [1.165, 1.54) is 7.76 Å². The summed E-state index contributed by atoms with van der Waals surface area (Å²) in [5, 5.41) is 0. The largest absolute Gasteiger partial charge is 0.254 e. The lowest BCUT2D eigenvalue weighted by molar-refractivity contribution is 1.32. The zero-order valence-corrected chi connectivity index (χ0v) is 11.1. The van der Waals surface area contributed by atoms with E-state index in [-0.39, 0.29) is 0 Å². The van der Waals surface area contributed by atoms with E-state index in [2.05, 4.69) is 55.6 Å². The van der Waals surface area contributed by atoms with Crippen LogP contribution in [0.1, 0.15) is 0 Å². The highest BCUT2D eigenvalue weighted by atomic mass is 127. The smallest absolute Gasteiger partial charge is 0.0802 e. The van der Waals surface area contributed by atoms with Crippen LogP contribution < -0.4 is 0 Å². The summed E-state index contributed by atoms with van der Waals surface area (Å²) in [6.07, 6.45) is 1.82. The molecule has 0 atom stereocenters. The predicted octanol–water partition coefficient (Wildman–Crippen LogP) is 4.18. The number of hydrogen-bond donors (Lipinski definition) is 0. The van der Waals surface area contributed by atoms with Crippen LogP contribution in [0.5, 0.6) is 0 Å². The number of aromatic nitrogens is 1. The molecule has 0 fully saturated rings. The molecule has 2 heterocycles. The molecule has 0 radical (unpaired) electrons. The van der Waals surface area contributed by atoms with E-state index < -0.39 is 0 Å². The van der Waals surface area contributed by atoms with Gasteiger partial charge in [-0.25, -0.2) is 0 Å². The molecule has 0 bridgehead atoms. The Kier molecular flexibility index (Phi) is 3.00. The summed E-state index contributed by atoms with van der Waals surface area (Å²) < 4.78 is 2.31. The summed E-state index contributed by atoms with van der Waals surface area (Å²) in [7, 11) is 0. The number of rotatable bonds is 1. The molecule has 0 amide bonds. The van der Waals surface area contributed by atoms with Gasteiger partial charge in [0.1, 0.15) is 0 Å². The van der Waals surface area contributed by atoms with Gasteiger partial charge in [-0.05, 0) is 62.8 Å². The Balaban J connectivity index is 2.41. The molecule has 0 aliphatic rings. The molecule has 1 nitrogen and oxygen atoms in total. The molecular weight excluding hydrogens is 361 g/mol. The molecule has 2 rings (SSSR count). The molecule has 0 aromatic carbocycles. The molecule has 0 unspecified atom stereocenters. The molecular formula is C9H5BrINS. The second kappa shape index (κ2) is 4.06. The lowest BCUT2D eigenvalue weighted by atomic mass is 10.3. The van der Waals surface area contributed by atoms with Gasteiger partial charge in [-0.1, -0.05) is 0 Å². The fraction of sp³-hybridized carbons (Fsp3) is 0. The van der Waals surface area contributed by atoms with Gasteiger partial charge in [0, 0.05) is 10.7 Å². The molecule has 4 heteroatoms. The van der Waals surface area contributed by atoms with Crippen molar-refractivity contribution in [2.45, 2.75) is 0 Å². The van der Waals surface area contributed by atoms with Crippen LogP contribution in [0.15, 0.2) is 34.9 Å². The summed E-state index contributed by atoms with van der Waals surface area (Å²) in [4.78, 5) is 5.54. The Morgan fingerprint density at radius 3 is 2.62 bits per heavy atom. The first-order chi connectivity index (χ1) is 6.25. The monoisotopic (exact) mass is 365 g/mol. The first kappa shape index (κ1) is 9.61. The lowest BCUT2D eigenvalue weighted by Gasteiger charge is -1.95. The first-order valence-corrected chi connectivity index (χ1v) is 6.32. The van der Waals surface area contributed by atoms with Crippen molar-refractivity contribution in [3.05, 3.63) is 37.8 Å². The van der Waals surface area contributed by atoms with Crippen LogP contribution in [-0.2, 0) is 0 Å². The summed E-state index contributed by atoms with van der Waals surface area (Å²) >= 11 is 7.43. The fourth-order valence-corrected chi connectivity index (χ4v) is 2.81. The number of pyridine rings is 1. The third-order valence-electron chi connectivity index (χ3n) is 1.55. The molecule has 0 spiro atoms. The summed E-state index contributed by atoms with van der Waals surface area (Å²) in [6, 6.07) is 8.23. The highest BCUT2D eigenvalue weighted by Gasteiger charge is 2.01. The quantitative estimate of drug-likeness (QED) is 0.691. The van der Waals surface area contributed by atoms with E-state index in [0.29, 0.717) is 0 Å². The highest BCUT2D eigenvalue weighted by molar-refractivity contribution is 14.1. The summed E-state index contributed by atoms with van der Waals surface area (Å²) in [5.41, 5.74) is 1.04. The van der Waals surface area contributed by atoms with Crippen molar-refractivity contribution in [1.29, 1.82) is 0 Å². The van der Waals surface area contributed by atoms with E-state index >= 15 is 0 Å². The molecule has 66 valence electrons. The van der Waals surface area contributed by atoms with Gasteiger partial charge in [-0.15, -0.1) is 11.3 Å². The van der Waals surface area contributed by atoms with Crippen LogP contribution in [0.4, 0.5) is 0 Å². The topological polar surface area (TPSA) is 12.9 Å². The second-order valence-electron chi connectivity index (χ2n) is 2.47. The third-order valence-corrected chi connectivity index (χ3v) is 3.94. The number of nitrogens with zero attached hydrogens (tertiary/aromatic N) is 1. The van der Waals surface area contributed by atoms with Crippen molar-refractivity contribution in [3.63, 3.8) is 0 Å². The number of thiophene rings is 1. The first-order valence-electron chi connectivity index (χ1n) is 3.63. The molecule has 13 heavy (non-hydrogen) atoms. The van der Waals surface area contributed by atoms with Crippen LogP contribution in [0.3, 0.4) is 0 Å². The van der Waals surface area contributed by atoms with Crippen molar-refractivity contribution < 1.29 is 0 Å². The van der Waals surface area contributed by atoms with E-state index in [9.17, 15) is 0 Å². The molecule has 2 aromatic rings. The maximum Gasteiger partial charge on any atom is 0.0802 e. The van der Waals surface area contributed by atoms with Crippen molar-refractivity contribution in [2.75, 3.05) is 0 Å². The summed E-state index contributed by atoms with van der Waals surface area (Å²) in [5.74, 6) is 0. The second-order valence-corrected chi connectivity index (χ2v) is 6.36. The Morgan fingerprint density at radius 1 is 1.23 bits per heavy atom.